The molecule has 0 saturated heterocycles. The number of nitrogens with one attached hydrogen (secondary N) is 1. The summed E-state index contributed by atoms with van der Waals surface area (Å²) in [6.07, 6.45) is 0. The number of hydrogen-bond donors (Lipinski definition) is 1. The molecule has 1 aromatic carbocycles. The summed E-state index contributed by atoms with van der Waals surface area (Å²) in [5.74, 6) is 0.518. The van der Waals surface area contributed by atoms with Gasteiger partial charge >= 0.3 is 5.97 Å². The van der Waals surface area contributed by atoms with Crippen molar-refractivity contribution in [3.63, 3.8) is 0 Å². The average Bonchev–Trinajstić information content (AvgIpc) is 3.28. The third kappa shape index (κ3) is 3.73. The molecule has 0 radical (unpaired) electrons. The van der Waals surface area contributed by atoms with Crippen molar-refractivity contribution in [3.8, 4) is 5.00 Å². The van der Waals surface area contributed by atoms with Crippen LogP contribution in [0.4, 0.5) is 0 Å². The van der Waals surface area contributed by atoms with Crippen molar-refractivity contribution in [2.24, 2.45) is 4.99 Å². The minimum absolute atomic E-state index is 0.197. The molecule has 0 spiro atoms. The van der Waals surface area contributed by atoms with Crippen LogP contribution < -0.4 is 5.32 Å². The maximum Gasteiger partial charge on any atom is 0.325 e. The fourth-order valence-electron chi connectivity index (χ4n) is 3.17. The Hall–Kier alpha value is -3.04. The van der Waals surface area contributed by atoms with Crippen molar-refractivity contribution in [2.75, 3.05) is 13.2 Å². The van der Waals surface area contributed by atoms with E-state index in [2.05, 4.69) is 15.5 Å². The fourth-order valence-corrected chi connectivity index (χ4v) is 4.54. The zero-order chi connectivity index (χ0) is 21.3. The second-order valence-electron chi connectivity index (χ2n) is 6.46. The maximum atomic E-state index is 12.7. The smallest absolute Gasteiger partial charge is 0.325 e. The Kier molecular flexibility index (Phi) is 5.65. The maximum absolute atomic E-state index is 12.7. The molecule has 2 aromatic heterocycles. The van der Waals surface area contributed by atoms with E-state index in [0.29, 0.717) is 33.8 Å². The van der Waals surface area contributed by atoms with E-state index in [1.165, 1.54) is 11.3 Å². The van der Waals surface area contributed by atoms with E-state index in [1.807, 2.05) is 29.7 Å². The lowest BCUT2D eigenvalue weighted by Crippen LogP contribution is -2.30. The molecule has 8 nitrogen and oxygen atoms in total. The number of esters is 1. The van der Waals surface area contributed by atoms with Gasteiger partial charge in [-0.15, -0.1) is 21.5 Å². The lowest BCUT2D eigenvalue weighted by Gasteiger charge is -2.08. The zero-order valence-electron chi connectivity index (χ0n) is 16.3. The number of ether oxygens (including phenoxy) is 1. The molecule has 0 bridgehead atoms. The Morgan fingerprint density at radius 1 is 1.27 bits per heavy atom. The highest BCUT2D eigenvalue weighted by Crippen LogP contribution is 2.34. The SMILES string of the molecule is CCOC(=O)CNC(=O)c1cc2c(s1)-n1c(C)nnc1CN=C2c1ccccc1Cl. The Morgan fingerprint density at radius 3 is 2.83 bits per heavy atom. The van der Waals surface area contributed by atoms with Crippen LogP contribution in [0, 0.1) is 6.92 Å². The van der Waals surface area contributed by atoms with Crippen molar-refractivity contribution in [1.29, 1.82) is 0 Å². The van der Waals surface area contributed by atoms with Crippen LogP contribution in [0.2, 0.25) is 5.02 Å². The molecular weight excluding hydrogens is 426 g/mol. The molecule has 1 aliphatic heterocycles. The lowest BCUT2D eigenvalue weighted by atomic mass is 10.0. The van der Waals surface area contributed by atoms with E-state index in [4.69, 9.17) is 21.3 Å². The number of carbonyl (C=O) groups excluding carboxylic acids is 2. The number of rotatable bonds is 5. The van der Waals surface area contributed by atoms with Gasteiger partial charge < -0.3 is 10.1 Å². The van der Waals surface area contributed by atoms with E-state index in [1.54, 1.807) is 19.1 Å². The van der Waals surface area contributed by atoms with Gasteiger partial charge in [0, 0.05) is 16.1 Å². The summed E-state index contributed by atoms with van der Waals surface area (Å²) >= 11 is 7.72. The number of benzene rings is 1. The van der Waals surface area contributed by atoms with Crippen LogP contribution in [0.3, 0.4) is 0 Å². The second-order valence-corrected chi connectivity index (χ2v) is 7.90. The van der Waals surface area contributed by atoms with E-state index in [9.17, 15) is 9.59 Å². The van der Waals surface area contributed by atoms with Gasteiger partial charge in [-0.05, 0) is 26.0 Å². The predicted octanol–water partition coefficient (Wildman–Crippen LogP) is 2.93. The molecule has 0 saturated carbocycles. The van der Waals surface area contributed by atoms with Gasteiger partial charge in [0.15, 0.2) is 5.82 Å². The molecule has 3 heterocycles. The summed E-state index contributed by atoms with van der Waals surface area (Å²) in [4.78, 5) is 29.4. The molecular formula is C20H18ClN5O3S. The molecule has 30 heavy (non-hydrogen) atoms. The predicted molar refractivity (Wildman–Crippen MR) is 114 cm³/mol. The molecule has 1 amide bonds. The minimum atomic E-state index is -0.487. The van der Waals surface area contributed by atoms with Crippen molar-refractivity contribution in [3.05, 3.63) is 63.0 Å². The summed E-state index contributed by atoms with van der Waals surface area (Å²) in [5.41, 5.74) is 2.21. The summed E-state index contributed by atoms with van der Waals surface area (Å²) in [6, 6.07) is 9.19. The first kappa shape index (κ1) is 20.2. The summed E-state index contributed by atoms with van der Waals surface area (Å²) in [6.45, 7) is 3.96. The standard InChI is InChI=1S/C20H18ClN5O3S/c1-3-29-17(27)10-23-19(28)15-8-13-18(12-6-4-5-7-14(12)21)22-9-16-25-24-11(2)26(16)20(13)30-15/h4-8H,3,9-10H2,1-2H3,(H,23,28). The largest absolute Gasteiger partial charge is 0.465 e. The van der Waals surface area contributed by atoms with Gasteiger partial charge in [0.05, 0.1) is 17.2 Å². The Morgan fingerprint density at radius 2 is 2.07 bits per heavy atom. The number of aliphatic imine (C=N–C) groups is 1. The molecule has 3 aromatic rings. The molecule has 0 atom stereocenters. The highest BCUT2D eigenvalue weighted by Gasteiger charge is 2.27. The highest BCUT2D eigenvalue weighted by molar-refractivity contribution is 7.17. The van der Waals surface area contributed by atoms with Gasteiger partial charge in [-0.1, -0.05) is 29.8 Å². The van der Waals surface area contributed by atoms with Gasteiger partial charge in [0.1, 0.15) is 23.9 Å². The quantitative estimate of drug-likeness (QED) is 0.611. The van der Waals surface area contributed by atoms with E-state index in [-0.39, 0.29) is 19.1 Å². The van der Waals surface area contributed by atoms with Crippen molar-refractivity contribution < 1.29 is 14.3 Å². The zero-order valence-corrected chi connectivity index (χ0v) is 17.9. The molecule has 0 unspecified atom stereocenters. The summed E-state index contributed by atoms with van der Waals surface area (Å²) in [5, 5.41) is 12.3. The van der Waals surface area contributed by atoms with Crippen LogP contribution in [0.15, 0.2) is 35.3 Å². The number of thiophene rings is 1. The number of fused-ring (bicyclic) bond motifs is 3. The first-order valence-electron chi connectivity index (χ1n) is 9.28. The average molecular weight is 444 g/mol. The number of halogens is 1. The van der Waals surface area contributed by atoms with E-state index < -0.39 is 5.97 Å². The van der Waals surface area contributed by atoms with Crippen LogP contribution in [-0.2, 0) is 16.1 Å². The lowest BCUT2D eigenvalue weighted by molar-refractivity contribution is -0.141. The van der Waals surface area contributed by atoms with Crippen molar-refractivity contribution in [1.82, 2.24) is 20.1 Å². The summed E-state index contributed by atoms with van der Waals surface area (Å²) in [7, 11) is 0. The first-order chi connectivity index (χ1) is 14.5. The van der Waals surface area contributed by atoms with Crippen molar-refractivity contribution in [2.45, 2.75) is 20.4 Å². The second kappa shape index (κ2) is 8.37. The molecule has 1 N–H and O–H groups in total. The molecule has 154 valence electrons. The fraction of sp³-hybridized carbons (Fsp3) is 0.250. The third-order valence-corrected chi connectivity index (χ3v) is 5.94. The van der Waals surface area contributed by atoms with E-state index in [0.717, 1.165) is 16.1 Å². The Balaban J connectivity index is 1.76. The summed E-state index contributed by atoms with van der Waals surface area (Å²) < 4.78 is 6.76. The van der Waals surface area contributed by atoms with Gasteiger partial charge in [0.25, 0.3) is 5.91 Å². The monoisotopic (exact) mass is 443 g/mol. The van der Waals surface area contributed by atoms with Gasteiger partial charge in [-0.2, -0.15) is 0 Å². The number of aryl methyl sites for hydroxylation is 1. The third-order valence-electron chi connectivity index (χ3n) is 4.49. The van der Waals surface area contributed by atoms with Crippen LogP contribution in [0.25, 0.3) is 5.00 Å². The topological polar surface area (TPSA) is 98.5 Å². The number of amides is 1. The highest BCUT2D eigenvalue weighted by atomic mass is 35.5. The Labute approximate surface area is 181 Å². The van der Waals surface area contributed by atoms with Crippen LogP contribution in [-0.4, -0.2) is 45.5 Å². The van der Waals surface area contributed by atoms with Gasteiger partial charge in [-0.3, -0.25) is 19.1 Å². The molecule has 1 aliphatic rings. The minimum Gasteiger partial charge on any atom is -0.465 e. The normalized spacial score (nSPS) is 12.4. The van der Waals surface area contributed by atoms with Gasteiger partial charge in [0.2, 0.25) is 0 Å². The van der Waals surface area contributed by atoms with E-state index >= 15 is 0 Å². The first-order valence-corrected chi connectivity index (χ1v) is 10.5. The van der Waals surface area contributed by atoms with Crippen molar-refractivity contribution >= 4 is 40.5 Å². The molecule has 10 heteroatoms. The van der Waals surface area contributed by atoms with Gasteiger partial charge in [-0.25, -0.2) is 0 Å². The van der Waals surface area contributed by atoms with Crippen LogP contribution in [0.5, 0.6) is 0 Å². The van der Waals surface area contributed by atoms with Crippen LogP contribution >= 0.6 is 22.9 Å². The number of carbonyl (C=O) groups is 2. The number of hydrogen-bond acceptors (Lipinski definition) is 7. The Bertz CT molecular complexity index is 1170. The molecule has 0 aliphatic carbocycles. The molecule has 0 fully saturated rings. The molecule has 4 rings (SSSR count). The number of aromatic nitrogens is 3. The number of nitrogens with zero attached hydrogens (tertiary/aromatic N) is 4. The van der Waals surface area contributed by atoms with Crippen LogP contribution in [0.1, 0.15) is 39.4 Å².